The highest BCUT2D eigenvalue weighted by Gasteiger charge is 2.25. The first-order chi connectivity index (χ1) is 49.6. The van der Waals surface area contributed by atoms with Gasteiger partial charge in [-0.2, -0.15) is 0 Å². The van der Waals surface area contributed by atoms with Gasteiger partial charge in [-0.25, -0.2) is 4.79 Å². The quantitative estimate of drug-likeness (QED) is 0.0278. The molecule has 101 heavy (non-hydrogen) atoms. The third-order valence-corrected chi connectivity index (χ3v) is 21.9. The van der Waals surface area contributed by atoms with Crippen LogP contribution >= 0.6 is 0 Å². The zero-order valence-corrected chi connectivity index (χ0v) is 69.4. The lowest BCUT2D eigenvalue weighted by molar-refractivity contribution is -0.870. The van der Waals surface area contributed by atoms with Crippen molar-refractivity contribution in [1.82, 2.24) is 0 Å². The average Bonchev–Trinajstić information content (AvgIpc) is 1.21. The Morgan fingerprint density at radius 2 is 0.446 bits per heavy atom. The summed E-state index contributed by atoms with van der Waals surface area (Å²) in [5.41, 5.74) is 0. The lowest BCUT2D eigenvalue weighted by Crippen LogP contribution is -2.40. The minimum absolute atomic E-state index is 0.171. The average molecular weight is 1430 g/mol. The van der Waals surface area contributed by atoms with Gasteiger partial charge >= 0.3 is 17.9 Å². The molecule has 9 nitrogen and oxygen atoms in total. The molecule has 0 aromatic heterocycles. The predicted molar refractivity (Wildman–Crippen MR) is 439 cm³/mol. The molecule has 0 aliphatic carbocycles. The number of aliphatic carboxylic acids is 1. The van der Waals surface area contributed by atoms with E-state index in [0.29, 0.717) is 17.4 Å². The number of esters is 2. The van der Waals surface area contributed by atoms with Crippen LogP contribution in [0.3, 0.4) is 0 Å². The summed E-state index contributed by atoms with van der Waals surface area (Å²) in [6.07, 6.45) is 103. The van der Waals surface area contributed by atoms with E-state index < -0.39 is 18.4 Å². The van der Waals surface area contributed by atoms with Crippen molar-refractivity contribution >= 4 is 17.9 Å². The fourth-order valence-electron chi connectivity index (χ4n) is 14.9. The smallest absolute Gasteiger partial charge is 0.361 e. The second-order valence-corrected chi connectivity index (χ2v) is 33.3. The van der Waals surface area contributed by atoms with E-state index in [-0.39, 0.29) is 38.2 Å². The molecular formula is C92H182NO8+. The number of nitrogens with zero attached hydrogens (tertiary/aromatic N) is 1. The van der Waals surface area contributed by atoms with Crippen molar-refractivity contribution in [2.45, 2.75) is 527 Å². The van der Waals surface area contributed by atoms with Gasteiger partial charge in [-0.05, 0) is 12.8 Å². The van der Waals surface area contributed by atoms with Gasteiger partial charge in [-0.1, -0.05) is 489 Å². The first-order valence-corrected chi connectivity index (χ1v) is 46.2. The summed E-state index contributed by atoms with van der Waals surface area (Å²) >= 11 is 0. The van der Waals surface area contributed by atoms with Crippen LogP contribution in [0.4, 0.5) is 0 Å². The van der Waals surface area contributed by atoms with Crippen molar-refractivity contribution in [3.05, 3.63) is 0 Å². The summed E-state index contributed by atoms with van der Waals surface area (Å²) in [5, 5.41) is 9.80. The van der Waals surface area contributed by atoms with E-state index >= 15 is 0 Å². The van der Waals surface area contributed by atoms with Gasteiger partial charge in [0.1, 0.15) is 13.2 Å². The lowest BCUT2D eigenvalue weighted by atomic mass is 10.0. The van der Waals surface area contributed by atoms with Crippen molar-refractivity contribution in [2.24, 2.45) is 0 Å². The molecule has 9 heteroatoms. The van der Waals surface area contributed by atoms with E-state index in [2.05, 4.69) is 13.8 Å². The van der Waals surface area contributed by atoms with Crippen molar-refractivity contribution < 1.29 is 42.9 Å². The summed E-state index contributed by atoms with van der Waals surface area (Å²) in [7, 11) is 6.01. The molecule has 1 N–H and O–H groups in total. The van der Waals surface area contributed by atoms with Crippen LogP contribution in [-0.2, 0) is 33.3 Å². The van der Waals surface area contributed by atoms with Crippen LogP contribution in [0.5, 0.6) is 0 Å². The second kappa shape index (κ2) is 83.9. The van der Waals surface area contributed by atoms with Gasteiger partial charge in [0.25, 0.3) is 6.29 Å². The fraction of sp³-hybridized carbons (Fsp3) is 0.967. The topological polar surface area (TPSA) is 108 Å². The highest BCUT2D eigenvalue weighted by atomic mass is 16.7. The molecule has 0 rings (SSSR count). The van der Waals surface area contributed by atoms with E-state index in [4.69, 9.17) is 18.9 Å². The lowest BCUT2D eigenvalue weighted by Gasteiger charge is -2.25. The van der Waals surface area contributed by atoms with Gasteiger partial charge in [0.05, 0.1) is 34.4 Å². The number of quaternary nitrogens is 1. The zero-order valence-electron chi connectivity index (χ0n) is 69.4. The van der Waals surface area contributed by atoms with Crippen LogP contribution in [0.1, 0.15) is 515 Å². The van der Waals surface area contributed by atoms with Crippen LogP contribution in [0, 0.1) is 0 Å². The van der Waals surface area contributed by atoms with Crippen LogP contribution in [0.2, 0.25) is 0 Å². The van der Waals surface area contributed by atoms with Gasteiger partial charge in [-0.3, -0.25) is 9.59 Å². The maximum absolute atomic E-state index is 13.0. The standard InChI is InChI=1S/C92H181NO8/c1-6-8-10-12-14-16-18-20-22-24-26-28-30-32-34-36-38-40-42-44-45-47-49-51-53-55-57-59-61-63-65-67-69-71-73-75-77-79-81-83-90(95)101-88(87-100-92(91(96)97)98-85-84-93(3,4)5)86-99-89(94)82-80-78-76-74-72-70-68-66-64-62-60-58-56-54-52-50-48-46-43-41-39-37-35-33-31-29-27-25-23-21-19-17-15-13-11-9-7-2/h88,92H,6-87H2,1-5H3/p+1. The fourth-order valence-corrected chi connectivity index (χ4v) is 14.9. The second-order valence-electron chi connectivity index (χ2n) is 33.3. The molecule has 0 radical (unpaired) electrons. The number of hydrogen-bond donors (Lipinski definition) is 1. The molecule has 0 aromatic rings. The van der Waals surface area contributed by atoms with Crippen LogP contribution < -0.4 is 0 Å². The number of ether oxygens (including phenoxy) is 4. The molecule has 0 spiro atoms. The number of carbonyl (C=O) groups excluding carboxylic acids is 2. The molecule has 0 amide bonds. The highest BCUT2D eigenvalue weighted by molar-refractivity contribution is 5.71. The Balaban J connectivity index is 3.86. The molecule has 0 aliphatic heterocycles. The van der Waals surface area contributed by atoms with Crippen LogP contribution in [0.15, 0.2) is 0 Å². The number of likely N-dealkylation sites (N-methyl/N-ethyl adjacent to an activating group) is 1. The first-order valence-electron chi connectivity index (χ1n) is 46.2. The monoisotopic (exact) mass is 1430 g/mol. The number of rotatable bonds is 89. The number of carboxylic acids is 1. The van der Waals surface area contributed by atoms with E-state index in [0.717, 1.165) is 38.5 Å². The SMILES string of the molecule is CCCCCCCCCCCCCCCCCCCCCCCCCCCCCCCCCCCCCCCCCC(=O)OC(COC(=O)CCCCCCCCCCCCCCCCCCCCCCCCCCCCCCCCCCCCCCC)COC(OCC[N+](C)(C)C)C(=O)O. The van der Waals surface area contributed by atoms with Crippen molar-refractivity contribution in [1.29, 1.82) is 0 Å². The maximum Gasteiger partial charge on any atom is 0.361 e. The number of carbonyl (C=O) groups is 3. The number of carboxylic acid groups (broad SMARTS) is 1. The maximum atomic E-state index is 13.0. The van der Waals surface area contributed by atoms with Crippen LogP contribution in [-0.4, -0.2) is 87.4 Å². The highest BCUT2D eigenvalue weighted by Crippen LogP contribution is 2.22. The Hall–Kier alpha value is -1.71. The molecule has 2 atom stereocenters. The Bertz CT molecular complexity index is 1620. The van der Waals surface area contributed by atoms with Gasteiger partial charge in [-0.15, -0.1) is 0 Å². The molecule has 0 bridgehead atoms. The zero-order chi connectivity index (χ0) is 73.2. The Morgan fingerprint density at radius 3 is 0.634 bits per heavy atom. The minimum Gasteiger partial charge on any atom is -0.477 e. The minimum atomic E-state index is -1.51. The molecule has 602 valence electrons. The third kappa shape index (κ3) is 85.4. The van der Waals surface area contributed by atoms with Crippen LogP contribution in [0.25, 0.3) is 0 Å². The summed E-state index contributed by atoms with van der Waals surface area (Å²) in [6.45, 7) is 5.00. The van der Waals surface area contributed by atoms with Crippen molar-refractivity contribution in [3.63, 3.8) is 0 Å². The third-order valence-electron chi connectivity index (χ3n) is 21.9. The molecule has 0 aromatic carbocycles. The van der Waals surface area contributed by atoms with E-state index in [1.165, 1.54) is 449 Å². The summed E-state index contributed by atoms with van der Waals surface area (Å²) < 4.78 is 23.1. The number of unbranched alkanes of at least 4 members (excludes halogenated alkanes) is 74. The largest absolute Gasteiger partial charge is 0.477 e. The molecular weight excluding hydrogens is 1250 g/mol. The Labute approximate surface area is 632 Å². The Kier molecular flexibility index (Phi) is 82.5. The molecule has 0 aliphatic rings. The van der Waals surface area contributed by atoms with Gasteiger partial charge in [0.2, 0.25) is 0 Å². The normalized spacial score (nSPS) is 12.4. The number of hydrogen-bond acceptors (Lipinski definition) is 7. The van der Waals surface area contributed by atoms with E-state index in [9.17, 15) is 19.5 Å². The molecule has 0 saturated carbocycles. The van der Waals surface area contributed by atoms with Gasteiger partial charge in [0, 0.05) is 12.8 Å². The Morgan fingerprint density at radius 1 is 0.257 bits per heavy atom. The predicted octanol–water partition coefficient (Wildman–Crippen LogP) is 30.1. The molecule has 2 unspecified atom stereocenters. The summed E-state index contributed by atoms with van der Waals surface area (Å²) in [6, 6.07) is 0. The molecule has 0 saturated heterocycles. The summed E-state index contributed by atoms with van der Waals surface area (Å²) in [5.74, 6) is -1.96. The van der Waals surface area contributed by atoms with E-state index in [1.54, 1.807) is 0 Å². The van der Waals surface area contributed by atoms with Gasteiger partial charge < -0.3 is 28.5 Å². The molecule has 0 heterocycles. The van der Waals surface area contributed by atoms with Crippen molar-refractivity contribution in [3.8, 4) is 0 Å². The van der Waals surface area contributed by atoms with Gasteiger partial charge in [0.15, 0.2) is 6.10 Å². The van der Waals surface area contributed by atoms with E-state index in [1.807, 2.05) is 21.1 Å². The molecule has 0 fully saturated rings. The first kappa shape index (κ1) is 99.3. The summed E-state index contributed by atoms with van der Waals surface area (Å²) in [4.78, 5) is 37.8. The van der Waals surface area contributed by atoms with Crippen molar-refractivity contribution in [2.75, 3.05) is 47.5 Å².